The molecule has 1 aliphatic heterocycles. The number of carboxylic acid groups (broad SMARTS) is 1. The van der Waals surface area contributed by atoms with E-state index in [2.05, 4.69) is 41.5 Å². The van der Waals surface area contributed by atoms with Crippen molar-refractivity contribution in [1.29, 1.82) is 0 Å². The second-order valence-electron chi connectivity index (χ2n) is 16.9. The van der Waals surface area contributed by atoms with Gasteiger partial charge in [0.25, 0.3) is 0 Å². The second kappa shape index (κ2) is 11.6. The van der Waals surface area contributed by atoms with Crippen LogP contribution in [0.25, 0.3) is 0 Å². The van der Waals surface area contributed by atoms with Gasteiger partial charge in [0.2, 0.25) is 0 Å². The van der Waals surface area contributed by atoms with Gasteiger partial charge in [-0.2, -0.15) is 0 Å². The van der Waals surface area contributed by atoms with Gasteiger partial charge < -0.3 is 35.3 Å². The van der Waals surface area contributed by atoms with Crippen LogP contribution in [0.3, 0.4) is 0 Å². The Labute approximate surface area is 273 Å². The van der Waals surface area contributed by atoms with Crippen LogP contribution in [-0.4, -0.2) is 83.8 Å². The summed E-state index contributed by atoms with van der Waals surface area (Å²) in [6.45, 7) is 15.7. The number of carboxylic acids is 1. The molecule has 10 nitrogen and oxygen atoms in total. The molecule has 1 unspecified atom stereocenters. The number of aliphatic hydroxyl groups is 2. The standard InChI is InChI=1S/C36H57NO9/c1-20(2)21(3)31(5)11-12-33(7)23-9-10-26-32(6)17-44-19-36(26,24(23)13-27(40)34(33,8)28(31)30(41)42)14-25(46-22(4)39)29(32)45-18-35(43,15-37)16-38/h13,20-21,23,25-26,28-29,38,43H,9-12,14-19,37H2,1-8H3,(H,41,42)/t21-,23+,25-,26+,28-,29+,31-,32-,33-,34+,35?,36+/m1/s1. The number of fused-ring (bicyclic) bond motifs is 3. The van der Waals surface area contributed by atoms with E-state index in [9.17, 15) is 29.7 Å². The fraction of sp³-hybridized carbons (Fsp3) is 0.861. The van der Waals surface area contributed by atoms with Crippen LogP contribution in [0.4, 0.5) is 0 Å². The quantitative estimate of drug-likeness (QED) is 0.271. The van der Waals surface area contributed by atoms with E-state index in [4.69, 9.17) is 19.9 Å². The van der Waals surface area contributed by atoms with Gasteiger partial charge >= 0.3 is 11.9 Å². The summed E-state index contributed by atoms with van der Waals surface area (Å²) in [6.07, 6.45) is 3.90. The Balaban J connectivity index is 1.62. The molecule has 46 heavy (non-hydrogen) atoms. The van der Waals surface area contributed by atoms with Crippen LogP contribution in [-0.2, 0) is 28.6 Å². The highest BCUT2D eigenvalue weighted by atomic mass is 16.6. The fourth-order valence-corrected chi connectivity index (χ4v) is 11.4. The summed E-state index contributed by atoms with van der Waals surface area (Å²) in [4.78, 5) is 40.6. The number of hydrogen-bond acceptors (Lipinski definition) is 9. The molecule has 3 saturated carbocycles. The zero-order valence-electron chi connectivity index (χ0n) is 29.1. The fourth-order valence-electron chi connectivity index (χ4n) is 11.4. The van der Waals surface area contributed by atoms with Crippen molar-refractivity contribution in [2.75, 3.05) is 33.0 Å². The van der Waals surface area contributed by atoms with Crippen molar-refractivity contribution in [2.45, 2.75) is 105 Å². The van der Waals surface area contributed by atoms with Crippen LogP contribution in [0.5, 0.6) is 0 Å². The van der Waals surface area contributed by atoms with Crippen LogP contribution in [0.2, 0.25) is 0 Å². The molecule has 4 aliphatic carbocycles. The van der Waals surface area contributed by atoms with E-state index in [0.717, 1.165) is 31.3 Å². The molecular formula is C36H57NO9. The molecule has 0 aromatic rings. The molecule has 0 radical (unpaired) electrons. The highest BCUT2D eigenvalue weighted by Crippen LogP contribution is 2.74. The first kappa shape index (κ1) is 35.5. The molecule has 5 rings (SSSR count). The van der Waals surface area contributed by atoms with Gasteiger partial charge in [0, 0.05) is 29.7 Å². The summed E-state index contributed by atoms with van der Waals surface area (Å²) >= 11 is 0. The van der Waals surface area contributed by atoms with E-state index in [1.165, 1.54) is 6.92 Å². The summed E-state index contributed by atoms with van der Waals surface area (Å²) in [5.41, 5.74) is 1.63. The minimum absolute atomic E-state index is 0.0269. The normalized spacial score (nSPS) is 45.4. The lowest BCUT2D eigenvalue weighted by Gasteiger charge is -2.70. The topological polar surface area (TPSA) is 166 Å². The average molecular weight is 648 g/mol. The lowest BCUT2D eigenvalue weighted by atomic mass is 9.34. The predicted octanol–water partition coefficient (Wildman–Crippen LogP) is 3.75. The highest BCUT2D eigenvalue weighted by molar-refractivity contribution is 6.00. The molecule has 1 saturated heterocycles. The third-order valence-corrected chi connectivity index (χ3v) is 14.5. The zero-order valence-corrected chi connectivity index (χ0v) is 29.1. The first-order valence-electron chi connectivity index (χ1n) is 17.2. The molecule has 260 valence electrons. The van der Waals surface area contributed by atoms with Gasteiger partial charge in [0.05, 0.1) is 32.3 Å². The van der Waals surface area contributed by atoms with E-state index >= 15 is 0 Å². The lowest BCUT2D eigenvalue weighted by Crippen LogP contribution is -2.71. The van der Waals surface area contributed by atoms with Crippen molar-refractivity contribution >= 4 is 17.7 Å². The Morgan fingerprint density at radius 1 is 1.13 bits per heavy atom. The number of nitrogens with two attached hydrogens (primary N) is 1. The van der Waals surface area contributed by atoms with Crippen LogP contribution in [0.15, 0.2) is 11.6 Å². The third kappa shape index (κ3) is 4.78. The summed E-state index contributed by atoms with van der Waals surface area (Å²) < 4.78 is 18.7. The van der Waals surface area contributed by atoms with Gasteiger partial charge in [0.1, 0.15) is 17.8 Å². The van der Waals surface area contributed by atoms with Crippen molar-refractivity contribution in [3.05, 3.63) is 11.6 Å². The molecule has 1 heterocycles. The molecule has 0 spiro atoms. The van der Waals surface area contributed by atoms with Crippen molar-refractivity contribution in [1.82, 2.24) is 0 Å². The molecule has 12 atom stereocenters. The molecular weight excluding hydrogens is 590 g/mol. The Morgan fingerprint density at radius 2 is 1.80 bits per heavy atom. The number of carbonyl (C=O) groups excluding carboxylic acids is 2. The maximum atomic E-state index is 14.8. The number of allylic oxidation sites excluding steroid dienone is 1. The Morgan fingerprint density at radius 3 is 2.37 bits per heavy atom. The largest absolute Gasteiger partial charge is 0.481 e. The molecule has 4 fully saturated rings. The van der Waals surface area contributed by atoms with Crippen molar-refractivity contribution < 1.29 is 43.9 Å². The van der Waals surface area contributed by atoms with Crippen LogP contribution >= 0.6 is 0 Å². The SMILES string of the molecule is CC(=O)O[C@@H]1C[C@@]23COC[C@](C)([C@@H]2CC[C@H]2C3=CC(=O)[C@@]3(C)[C@H](C(=O)O)[C@@](C)([C@H](C)C(C)C)CC[C@]23C)[C@H]1OCC(O)(CN)CO. The summed E-state index contributed by atoms with van der Waals surface area (Å²) in [5, 5.41) is 31.4. The molecule has 0 aromatic carbocycles. The monoisotopic (exact) mass is 647 g/mol. The molecule has 5 N–H and O–H groups in total. The maximum Gasteiger partial charge on any atom is 0.308 e. The van der Waals surface area contributed by atoms with Crippen LogP contribution in [0.1, 0.15) is 87.5 Å². The van der Waals surface area contributed by atoms with Crippen LogP contribution < -0.4 is 5.73 Å². The Bertz CT molecular complexity index is 1280. The highest BCUT2D eigenvalue weighted by Gasteiger charge is 2.74. The lowest BCUT2D eigenvalue weighted by molar-refractivity contribution is -0.272. The van der Waals surface area contributed by atoms with Gasteiger partial charge in [-0.1, -0.05) is 54.0 Å². The number of aliphatic carboxylic acids is 1. The average Bonchev–Trinajstić information content (AvgIpc) is 2.97. The summed E-state index contributed by atoms with van der Waals surface area (Å²) in [5.74, 6) is -1.96. The molecule has 0 amide bonds. The second-order valence-corrected chi connectivity index (χ2v) is 16.9. The van der Waals surface area contributed by atoms with Crippen molar-refractivity contribution in [3.63, 3.8) is 0 Å². The first-order valence-corrected chi connectivity index (χ1v) is 17.2. The van der Waals surface area contributed by atoms with Crippen molar-refractivity contribution in [2.24, 2.45) is 62.4 Å². The Hall–Kier alpha value is -1.85. The maximum absolute atomic E-state index is 14.8. The van der Waals surface area contributed by atoms with E-state index in [-0.39, 0.29) is 42.6 Å². The van der Waals surface area contributed by atoms with Crippen molar-refractivity contribution in [3.8, 4) is 0 Å². The minimum Gasteiger partial charge on any atom is -0.481 e. The molecule has 10 heteroatoms. The van der Waals surface area contributed by atoms with E-state index in [1.807, 2.05) is 6.92 Å². The summed E-state index contributed by atoms with van der Waals surface area (Å²) in [7, 11) is 0. The number of ketones is 1. The number of hydrogen-bond donors (Lipinski definition) is 4. The smallest absolute Gasteiger partial charge is 0.308 e. The zero-order chi connectivity index (χ0) is 34.3. The number of rotatable bonds is 9. The Kier molecular flexibility index (Phi) is 8.97. The first-order chi connectivity index (χ1) is 21.3. The molecule has 2 bridgehead atoms. The third-order valence-electron chi connectivity index (χ3n) is 14.5. The predicted molar refractivity (Wildman–Crippen MR) is 170 cm³/mol. The van der Waals surface area contributed by atoms with Gasteiger partial charge in [-0.15, -0.1) is 0 Å². The van der Waals surface area contributed by atoms with Gasteiger partial charge in [-0.3, -0.25) is 14.4 Å². The van der Waals surface area contributed by atoms with Crippen LogP contribution in [0, 0.1) is 56.7 Å². The molecule has 5 aliphatic rings. The van der Waals surface area contributed by atoms with Gasteiger partial charge in [0.15, 0.2) is 5.78 Å². The number of carbonyl (C=O) groups is 3. The minimum atomic E-state index is -1.64. The summed E-state index contributed by atoms with van der Waals surface area (Å²) in [6, 6.07) is 0. The van der Waals surface area contributed by atoms with Gasteiger partial charge in [-0.25, -0.2) is 0 Å². The van der Waals surface area contributed by atoms with E-state index < -0.39 is 69.3 Å². The number of aliphatic hydroxyl groups excluding tert-OH is 1. The molecule has 0 aromatic heterocycles. The number of ether oxygens (including phenoxy) is 3. The van der Waals surface area contributed by atoms with E-state index in [1.54, 1.807) is 6.08 Å². The number of esters is 1. The van der Waals surface area contributed by atoms with E-state index in [0.29, 0.717) is 19.6 Å². The van der Waals surface area contributed by atoms with Gasteiger partial charge in [-0.05, 0) is 72.7 Å².